The molecule has 0 aliphatic rings. The van der Waals surface area contributed by atoms with Crippen molar-refractivity contribution in [2.75, 3.05) is 5.73 Å². The molecule has 0 saturated heterocycles. The van der Waals surface area contributed by atoms with Crippen molar-refractivity contribution in [3.63, 3.8) is 0 Å². The first-order valence-electron chi connectivity index (χ1n) is 7.48. The van der Waals surface area contributed by atoms with E-state index in [9.17, 15) is 0 Å². The first kappa shape index (κ1) is 15.6. The lowest BCUT2D eigenvalue weighted by Crippen LogP contribution is -2.21. The SMILES string of the molecule is Cc1c(-c2nc(C(C)(C)C)n(CC(C)C)c2N)cnn1C. The lowest BCUT2D eigenvalue weighted by atomic mass is 9.95. The summed E-state index contributed by atoms with van der Waals surface area (Å²) in [5, 5.41) is 4.31. The molecule has 5 heteroatoms. The highest BCUT2D eigenvalue weighted by Gasteiger charge is 2.26. The van der Waals surface area contributed by atoms with Gasteiger partial charge in [0.25, 0.3) is 0 Å². The van der Waals surface area contributed by atoms with Crippen molar-refractivity contribution >= 4 is 5.82 Å². The summed E-state index contributed by atoms with van der Waals surface area (Å²) in [5.74, 6) is 2.29. The molecule has 5 nitrogen and oxygen atoms in total. The Morgan fingerprint density at radius 3 is 2.33 bits per heavy atom. The highest BCUT2D eigenvalue weighted by molar-refractivity contribution is 5.72. The highest BCUT2D eigenvalue weighted by Crippen LogP contribution is 2.33. The largest absolute Gasteiger partial charge is 0.383 e. The summed E-state index contributed by atoms with van der Waals surface area (Å²) in [5.41, 5.74) is 9.33. The van der Waals surface area contributed by atoms with Crippen LogP contribution in [0, 0.1) is 12.8 Å². The summed E-state index contributed by atoms with van der Waals surface area (Å²) in [6.45, 7) is 13.8. The maximum atomic E-state index is 6.42. The zero-order chi connectivity index (χ0) is 15.9. The topological polar surface area (TPSA) is 61.7 Å². The maximum absolute atomic E-state index is 6.42. The molecule has 0 amide bonds. The van der Waals surface area contributed by atoms with Gasteiger partial charge in [-0.25, -0.2) is 4.98 Å². The number of nitrogens with zero attached hydrogens (tertiary/aromatic N) is 4. The number of hydrogen-bond acceptors (Lipinski definition) is 3. The summed E-state index contributed by atoms with van der Waals surface area (Å²) in [4.78, 5) is 4.86. The molecule has 0 aliphatic carbocycles. The zero-order valence-corrected chi connectivity index (χ0v) is 14.2. The minimum atomic E-state index is -0.0443. The Morgan fingerprint density at radius 1 is 1.29 bits per heavy atom. The standard InChI is InChI=1S/C16H27N5/c1-10(2)9-21-14(17)13(19-15(21)16(4,5)6)12-8-18-20(7)11(12)3/h8,10H,9,17H2,1-7H3. The second kappa shape index (κ2) is 5.20. The van der Waals surface area contributed by atoms with E-state index in [0.717, 1.165) is 35.1 Å². The lowest BCUT2D eigenvalue weighted by Gasteiger charge is -2.21. The van der Waals surface area contributed by atoms with Gasteiger partial charge in [-0.1, -0.05) is 34.6 Å². The van der Waals surface area contributed by atoms with Crippen molar-refractivity contribution in [1.29, 1.82) is 0 Å². The second-order valence-corrected chi connectivity index (χ2v) is 7.19. The van der Waals surface area contributed by atoms with E-state index < -0.39 is 0 Å². The second-order valence-electron chi connectivity index (χ2n) is 7.19. The number of anilines is 1. The zero-order valence-electron chi connectivity index (χ0n) is 14.2. The van der Waals surface area contributed by atoms with Gasteiger partial charge in [0.2, 0.25) is 0 Å². The van der Waals surface area contributed by atoms with E-state index in [2.05, 4.69) is 44.3 Å². The molecule has 2 heterocycles. The molecule has 21 heavy (non-hydrogen) atoms. The van der Waals surface area contributed by atoms with Crippen molar-refractivity contribution in [3.8, 4) is 11.3 Å². The molecular weight excluding hydrogens is 262 g/mol. The fourth-order valence-corrected chi connectivity index (χ4v) is 2.52. The predicted octanol–water partition coefficient (Wildman–Crippen LogP) is 3.13. The molecule has 0 saturated carbocycles. The van der Waals surface area contributed by atoms with Crippen molar-refractivity contribution < 1.29 is 0 Å². The Hall–Kier alpha value is -1.78. The summed E-state index contributed by atoms with van der Waals surface area (Å²) in [7, 11) is 1.94. The summed E-state index contributed by atoms with van der Waals surface area (Å²) in [6.07, 6.45) is 1.85. The van der Waals surface area contributed by atoms with Crippen LogP contribution in [0.2, 0.25) is 0 Å². The molecular formula is C16H27N5. The van der Waals surface area contributed by atoms with E-state index >= 15 is 0 Å². The van der Waals surface area contributed by atoms with Gasteiger partial charge in [0.1, 0.15) is 17.3 Å². The van der Waals surface area contributed by atoms with Gasteiger partial charge >= 0.3 is 0 Å². The normalized spacial score (nSPS) is 12.4. The fraction of sp³-hybridized carbons (Fsp3) is 0.625. The van der Waals surface area contributed by atoms with Crippen LogP contribution in [0.4, 0.5) is 5.82 Å². The van der Waals surface area contributed by atoms with E-state index in [1.54, 1.807) is 0 Å². The van der Waals surface area contributed by atoms with Gasteiger partial charge in [-0.2, -0.15) is 5.10 Å². The number of hydrogen-bond donors (Lipinski definition) is 1. The predicted molar refractivity (Wildman–Crippen MR) is 87.1 cm³/mol. The molecule has 0 aliphatic heterocycles. The molecule has 2 rings (SSSR count). The van der Waals surface area contributed by atoms with Crippen LogP contribution in [0.3, 0.4) is 0 Å². The smallest absolute Gasteiger partial charge is 0.131 e. The third-order valence-corrected chi connectivity index (χ3v) is 3.72. The molecule has 0 fully saturated rings. The Labute approximate surface area is 127 Å². The summed E-state index contributed by atoms with van der Waals surface area (Å²) >= 11 is 0. The van der Waals surface area contributed by atoms with Gasteiger partial charge in [-0.05, 0) is 12.8 Å². The number of rotatable bonds is 3. The van der Waals surface area contributed by atoms with Crippen LogP contribution in [0.25, 0.3) is 11.3 Å². The van der Waals surface area contributed by atoms with Crippen molar-refractivity contribution in [3.05, 3.63) is 17.7 Å². The molecule has 2 N–H and O–H groups in total. The van der Waals surface area contributed by atoms with Crippen LogP contribution in [-0.2, 0) is 19.0 Å². The molecule has 0 bridgehead atoms. The van der Waals surface area contributed by atoms with Gasteiger partial charge < -0.3 is 10.3 Å². The Bertz CT molecular complexity index is 640. The molecule has 2 aromatic rings. The van der Waals surface area contributed by atoms with Gasteiger partial charge in [-0.3, -0.25) is 4.68 Å². The molecule has 0 radical (unpaired) electrons. The Morgan fingerprint density at radius 2 is 1.90 bits per heavy atom. The van der Waals surface area contributed by atoms with Crippen molar-refractivity contribution in [2.45, 2.75) is 53.5 Å². The lowest BCUT2D eigenvalue weighted by molar-refractivity contribution is 0.455. The van der Waals surface area contributed by atoms with Crippen LogP contribution >= 0.6 is 0 Å². The minimum Gasteiger partial charge on any atom is -0.383 e. The molecule has 2 aromatic heterocycles. The van der Waals surface area contributed by atoms with E-state index in [0.29, 0.717) is 5.92 Å². The van der Waals surface area contributed by atoms with Crippen LogP contribution in [0.15, 0.2) is 6.20 Å². The van der Waals surface area contributed by atoms with Crippen LogP contribution in [0.5, 0.6) is 0 Å². The van der Waals surface area contributed by atoms with E-state index in [1.807, 2.05) is 24.9 Å². The van der Waals surface area contributed by atoms with Crippen molar-refractivity contribution in [2.24, 2.45) is 13.0 Å². The van der Waals surface area contributed by atoms with Gasteiger partial charge in [-0.15, -0.1) is 0 Å². The highest BCUT2D eigenvalue weighted by atomic mass is 15.3. The third-order valence-electron chi connectivity index (χ3n) is 3.72. The maximum Gasteiger partial charge on any atom is 0.131 e. The van der Waals surface area contributed by atoms with Crippen LogP contribution in [-0.4, -0.2) is 19.3 Å². The Kier molecular flexibility index (Phi) is 3.87. The average Bonchev–Trinajstić information content (AvgIpc) is 2.82. The number of aryl methyl sites for hydroxylation is 1. The van der Waals surface area contributed by atoms with E-state index in [1.165, 1.54) is 0 Å². The first-order chi connectivity index (χ1) is 9.62. The monoisotopic (exact) mass is 289 g/mol. The molecule has 0 aromatic carbocycles. The fourth-order valence-electron chi connectivity index (χ4n) is 2.52. The molecule has 0 atom stereocenters. The van der Waals surface area contributed by atoms with E-state index in [4.69, 9.17) is 10.7 Å². The van der Waals surface area contributed by atoms with Crippen molar-refractivity contribution in [1.82, 2.24) is 19.3 Å². The Balaban J connectivity index is 2.64. The van der Waals surface area contributed by atoms with Gasteiger partial charge in [0, 0.05) is 30.3 Å². The quantitative estimate of drug-likeness (QED) is 0.944. The average molecular weight is 289 g/mol. The summed E-state index contributed by atoms with van der Waals surface area (Å²) < 4.78 is 4.01. The first-order valence-corrected chi connectivity index (χ1v) is 7.48. The third kappa shape index (κ3) is 2.82. The van der Waals surface area contributed by atoms with Crippen LogP contribution < -0.4 is 5.73 Å². The molecule has 0 spiro atoms. The number of nitrogen functional groups attached to an aromatic ring is 1. The number of aromatic nitrogens is 4. The molecule has 116 valence electrons. The minimum absolute atomic E-state index is 0.0443. The van der Waals surface area contributed by atoms with Gasteiger partial charge in [0.15, 0.2) is 0 Å². The van der Waals surface area contributed by atoms with Gasteiger partial charge in [0.05, 0.1) is 6.20 Å². The summed E-state index contributed by atoms with van der Waals surface area (Å²) in [6, 6.07) is 0. The molecule has 0 unspecified atom stereocenters. The van der Waals surface area contributed by atoms with Crippen LogP contribution in [0.1, 0.15) is 46.1 Å². The number of nitrogens with two attached hydrogens (primary N) is 1. The number of imidazole rings is 1. The van der Waals surface area contributed by atoms with E-state index in [-0.39, 0.29) is 5.41 Å².